The van der Waals surface area contributed by atoms with Gasteiger partial charge in [0, 0.05) is 31.8 Å². The summed E-state index contributed by atoms with van der Waals surface area (Å²) in [6.07, 6.45) is 0. The van der Waals surface area contributed by atoms with E-state index in [-0.39, 0.29) is 11.9 Å². The minimum absolute atomic E-state index is 0.220. The summed E-state index contributed by atoms with van der Waals surface area (Å²) in [7, 11) is 3.62. The zero-order chi connectivity index (χ0) is 12.1. The molecule has 1 aromatic carbocycles. The van der Waals surface area contributed by atoms with Gasteiger partial charge in [0.1, 0.15) is 5.82 Å². The first-order chi connectivity index (χ1) is 7.60. The molecule has 1 unspecified atom stereocenters. The Kier molecular flexibility index (Phi) is 5.03. The fourth-order valence-electron chi connectivity index (χ4n) is 1.60. The van der Waals surface area contributed by atoms with Gasteiger partial charge in [0.2, 0.25) is 0 Å². The maximum atomic E-state index is 13.0. The third-order valence-corrected chi connectivity index (χ3v) is 2.92. The molecule has 1 aromatic rings. The average molecular weight is 246 g/mol. The first-order valence-electron chi connectivity index (χ1n) is 5.16. The molecule has 0 radical (unpaired) electrons. The third kappa shape index (κ3) is 3.09. The van der Waals surface area contributed by atoms with Gasteiger partial charge in [-0.05, 0) is 30.7 Å². The van der Waals surface area contributed by atoms with Gasteiger partial charge in [-0.1, -0.05) is 0 Å². The van der Waals surface area contributed by atoms with Crippen LogP contribution in [0.4, 0.5) is 10.1 Å². The highest BCUT2D eigenvalue weighted by atomic mass is 35.5. The van der Waals surface area contributed by atoms with Crippen molar-refractivity contribution in [2.45, 2.75) is 18.8 Å². The van der Waals surface area contributed by atoms with E-state index in [0.29, 0.717) is 12.5 Å². The maximum absolute atomic E-state index is 13.0. The molecule has 0 aromatic heterocycles. The van der Waals surface area contributed by atoms with Gasteiger partial charge in [0.15, 0.2) is 0 Å². The van der Waals surface area contributed by atoms with Crippen molar-refractivity contribution >= 4 is 17.3 Å². The summed E-state index contributed by atoms with van der Waals surface area (Å²) >= 11 is 5.81. The fourth-order valence-corrected chi connectivity index (χ4v) is 1.81. The largest absolute Gasteiger partial charge is 0.383 e. The summed E-state index contributed by atoms with van der Waals surface area (Å²) in [5, 5.41) is 0. The van der Waals surface area contributed by atoms with E-state index in [1.54, 1.807) is 13.2 Å². The van der Waals surface area contributed by atoms with Crippen molar-refractivity contribution in [2.24, 2.45) is 0 Å². The zero-order valence-electron chi connectivity index (χ0n) is 9.84. The van der Waals surface area contributed by atoms with Crippen LogP contribution in [0, 0.1) is 5.82 Å². The second-order valence-electron chi connectivity index (χ2n) is 3.82. The van der Waals surface area contributed by atoms with Crippen LogP contribution in [0.1, 0.15) is 12.5 Å². The van der Waals surface area contributed by atoms with Crippen molar-refractivity contribution in [1.29, 1.82) is 0 Å². The van der Waals surface area contributed by atoms with Crippen LogP contribution in [0.3, 0.4) is 0 Å². The van der Waals surface area contributed by atoms with Gasteiger partial charge >= 0.3 is 0 Å². The summed E-state index contributed by atoms with van der Waals surface area (Å²) in [5.74, 6) is 0.0455. The molecule has 0 aliphatic heterocycles. The Morgan fingerprint density at radius 3 is 2.75 bits per heavy atom. The first-order valence-corrected chi connectivity index (χ1v) is 5.69. The number of hydrogen-bond donors (Lipinski definition) is 0. The number of nitrogens with zero attached hydrogens (tertiary/aromatic N) is 1. The van der Waals surface area contributed by atoms with Crippen molar-refractivity contribution in [2.75, 3.05) is 25.7 Å². The fraction of sp³-hybridized carbons (Fsp3) is 0.500. The lowest BCUT2D eigenvalue weighted by Crippen LogP contribution is -2.33. The Bertz CT molecular complexity index is 346. The molecular formula is C12H17ClFNO. The van der Waals surface area contributed by atoms with Gasteiger partial charge in [0.05, 0.1) is 6.61 Å². The van der Waals surface area contributed by atoms with Gasteiger partial charge in [-0.2, -0.15) is 0 Å². The van der Waals surface area contributed by atoms with Crippen LogP contribution in [-0.2, 0) is 10.6 Å². The molecule has 1 rings (SSSR count). The maximum Gasteiger partial charge on any atom is 0.123 e. The van der Waals surface area contributed by atoms with E-state index in [9.17, 15) is 4.39 Å². The Morgan fingerprint density at radius 2 is 2.19 bits per heavy atom. The van der Waals surface area contributed by atoms with Crippen molar-refractivity contribution in [3.8, 4) is 0 Å². The molecule has 2 nitrogen and oxygen atoms in total. The van der Waals surface area contributed by atoms with Gasteiger partial charge < -0.3 is 9.64 Å². The molecule has 4 heteroatoms. The molecule has 0 aliphatic carbocycles. The average Bonchev–Trinajstić information content (AvgIpc) is 2.28. The summed E-state index contributed by atoms with van der Waals surface area (Å²) < 4.78 is 18.1. The van der Waals surface area contributed by atoms with E-state index in [4.69, 9.17) is 16.3 Å². The molecule has 0 saturated heterocycles. The molecule has 1 atom stereocenters. The van der Waals surface area contributed by atoms with E-state index in [2.05, 4.69) is 0 Å². The molecule has 90 valence electrons. The second kappa shape index (κ2) is 6.06. The van der Waals surface area contributed by atoms with Crippen LogP contribution >= 0.6 is 11.6 Å². The minimum atomic E-state index is -0.257. The number of alkyl halides is 1. The molecule has 0 amide bonds. The van der Waals surface area contributed by atoms with Crippen molar-refractivity contribution in [1.82, 2.24) is 0 Å². The topological polar surface area (TPSA) is 12.5 Å². The summed E-state index contributed by atoms with van der Waals surface area (Å²) in [6, 6.07) is 4.89. The number of rotatable bonds is 5. The van der Waals surface area contributed by atoms with E-state index in [1.165, 1.54) is 12.1 Å². The summed E-state index contributed by atoms with van der Waals surface area (Å²) in [6.45, 7) is 2.67. The van der Waals surface area contributed by atoms with Gasteiger partial charge in [-0.3, -0.25) is 0 Å². The van der Waals surface area contributed by atoms with Crippen molar-refractivity contribution in [3.63, 3.8) is 0 Å². The lowest BCUT2D eigenvalue weighted by molar-refractivity contribution is 0.183. The van der Waals surface area contributed by atoms with Crippen LogP contribution in [0.2, 0.25) is 0 Å². The zero-order valence-corrected chi connectivity index (χ0v) is 10.6. The first kappa shape index (κ1) is 13.3. The van der Waals surface area contributed by atoms with Crippen LogP contribution < -0.4 is 4.90 Å². The summed E-state index contributed by atoms with van der Waals surface area (Å²) in [5.41, 5.74) is 1.74. The lowest BCUT2D eigenvalue weighted by Gasteiger charge is -2.28. The molecule has 16 heavy (non-hydrogen) atoms. The molecule has 0 saturated carbocycles. The Hall–Kier alpha value is -0.800. The lowest BCUT2D eigenvalue weighted by atomic mass is 10.1. The quantitative estimate of drug-likeness (QED) is 0.740. The molecule has 0 fully saturated rings. The van der Waals surface area contributed by atoms with Crippen LogP contribution in [-0.4, -0.2) is 26.8 Å². The van der Waals surface area contributed by atoms with Crippen LogP contribution in [0.25, 0.3) is 0 Å². The molecule has 0 aliphatic rings. The van der Waals surface area contributed by atoms with Crippen molar-refractivity contribution < 1.29 is 9.13 Å². The van der Waals surface area contributed by atoms with Crippen LogP contribution in [0.5, 0.6) is 0 Å². The second-order valence-corrected chi connectivity index (χ2v) is 4.09. The van der Waals surface area contributed by atoms with E-state index >= 15 is 0 Å². The number of ether oxygens (including phenoxy) is 1. The predicted octanol–water partition coefficient (Wildman–Crippen LogP) is 3.04. The monoisotopic (exact) mass is 245 g/mol. The Labute approximate surface area is 101 Å². The van der Waals surface area contributed by atoms with Gasteiger partial charge in [-0.15, -0.1) is 11.6 Å². The number of halogens is 2. The minimum Gasteiger partial charge on any atom is -0.383 e. The van der Waals surface area contributed by atoms with Crippen molar-refractivity contribution in [3.05, 3.63) is 29.6 Å². The van der Waals surface area contributed by atoms with Gasteiger partial charge in [-0.25, -0.2) is 4.39 Å². The number of likely N-dealkylation sites (N-methyl/N-ethyl adjacent to an activating group) is 1. The number of benzene rings is 1. The predicted molar refractivity (Wildman–Crippen MR) is 65.7 cm³/mol. The standard InChI is InChI=1S/C12H17ClFNO/c1-9(8-16-3)15(2)12-5-4-11(14)6-10(12)7-13/h4-6,9H,7-8H2,1-3H3. The molecular weight excluding hydrogens is 229 g/mol. The highest BCUT2D eigenvalue weighted by Crippen LogP contribution is 2.24. The van der Waals surface area contributed by atoms with E-state index < -0.39 is 0 Å². The molecule has 0 spiro atoms. The van der Waals surface area contributed by atoms with E-state index in [1.807, 2.05) is 18.9 Å². The van der Waals surface area contributed by atoms with Gasteiger partial charge in [0.25, 0.3) is 0 Å². The number of anilines is 1. The third-order valence-electron chi connectivity index (χ3n) is 2.63. The Balaban J connectivity index is 2.93. The molecule has 0 bridgehead atoms. The number of methoxy groups -OCH3 is 1. The Morgan fingerprint density at radius 1 is 1.50 bits per heavy atom. The highest BCUT2D eigenvalue weighted by molar-refractivity contribution is 6.17. The van der Waals surface area contributed by atoms with Crippen LogP contribution in [0.15, 0.2) is 18.2 Å². The highest BCUT2D eigenvalue weighted by Gasteiger charge is 2.13. The smallest absolute Gasteiger partial charge is 0.123 e. The molecule has 0 N–H and O–H groups in total. The number of hydrogen-bond acceptors (Lipinski definition) is 2. The summed E-state index contributed by atoms with van der Waals surface area (Å²) in [4.78, 5) is 2.04. The normalized spacial score (nSPS) is 12.6. The SMILES string of the molecule is COCC(C)N(C)c1ccc(F)cc1CCl. The molecule has 0 heterocycles. The van der Waals surface area contributed by atoms with E-state index in [0.717, 1.165) is 11.3 Å².